The summed E-state index contributed by atoms with van der Waals surface area (Å²) in [6, 6.07) is 15.5. The molecule has 0 spiro atoms. The topological polar surface area (TPSA) is 73.9 Å². The first-order valence-electron chi connectivity index (χ1n) is 12.0. The molecule has 6 heteroatoms. The van der Waals surface area contributed by atoms with Crippen molar-refractivity contribution in [1.29, 1.82) is 0 Å². The Bertz CT molecular complexity index is 1150. The number of ketones is 1. The average molecular weight is 476 g/mol. The van der Waals surface area contributed by atoms with Gasteiger partial charge in [0.25, 0.3) is 0 Å². The molecule has 2 aromatic carbocycles. The summed E-state index contributed by atoms with van der Waals surface area (Å²) < 4.78 is 16.7. The average Bonchev–Trinajstić information content (AvgIpc) is 2.86. The highest BCUT2D eigenvalue weighted by Crippen LogP contribution is 2.49. The zero-order chi connectivity index (χ0) is 25.1. The van der Waals surface area contributed by atoms with Crippen molar-refractivity contribution >= 4 is 11.8 Å². The number of rotatable bonds is 7. The molecule has 6 nitrogen and oxygen atoms in total. The Morgan fingerprint density at radius 2 is 1.83 bits per heavy atom. The van der Waals surface area contributed by atoms with Crippen molar-refractivity contribution in [2.45, 2.75) is 38.5 Å². The summed E-state index contributed by atoms with van der Waals surface area (Å²) in [5.41, 5.74) is 3.82. The van der Waals surface area contributed by atoms with Crippen molar-refractivity contribution in [2.75, 3.05) is 20.8 Å². The van der Waals surface area contributed by atoms with Gasteiger partial charge in [0.05, 0.1) is 20.8 Å². The number of esters is 1. The first-order valence-corrected chi connectivity index (χ1v) is 12.0. The molecular formula is C29H33NO5. The predicted molar refractivity (Wildman–Crippen MR) is 134 cm³/mol. The van der Waals surface area contributed by atoms with Crippen LogP contribution in [0, 0.1) is 11.8 Å². The summed E-state index contributed by atoms with van der Waals surface area (Å²) in [5, 5.41) is 3.32. The van der Waals surface area contributed by atoms with Crippen LogP contribution in [0.4, 0.5) is 0 Å². The van der Waals surface area contributed by atoms with Gasteiger partial charge in [0.1, 0.15) is 17.4 Å². The third kappa shape index (κ3) is 4.97. The van der Waals surface area contributed by atoms with Crippen LogP contribution in [0.2, 0.25) is 0 Å². The zero-order valence-corrected chi connectivity index (χ0v) is 20.8. The molecule has 1 heterocycles. The Labute approximate surface area is 207 Å². The maximum absolute atomic E-state index is 13.7. The normalized spacial score (nSPS) is 21.9. The molecule has 0 aromatic heterocycles. The Morgan fingerprint density at radius 3 is 2.49 bits per heavy atom. The van der Waals surface area contributed by atoms with Crippen LogP contribution in [0.5, 0.6) is 11.5 Å². The summed E-state index contributed by atoms with van der Waals surface area (Å²) in [4.78, 5) is 27.1. The van der Waals surface area contributed by atoms with Crippen LogP contribution >= 0.6 is 0 Å². The predicted octanol–water partition coefficient (Wildman–Crippen LogP) is 5.12. The Kier molecular flexibility index (Phi) is 7.29. The van der Waals surface area contributed by atoms with Gasteiger partial charge in [-0.2, -0.15) is 0 Å². The third-order valence-electron chi connectivity index (χ3n) is 6.70. The zero-order valence-electron chi connectivity index (χ0n) is 20.8. The van der Waals surface area contributed by atoms with E-state index >= 15 is 0 Å². The number of hydrogen-bond acceptors (Lipinski definition) is 6. The van der Waals surface area contributed by atoms with Gasteiger partial charge in [0.2, 0.25) is 0 Å². The van der Waals surface area contributed by atoms with E-state index in [0.29, 0.717) is 42.2 Å². The van der Waals surface area contributed by atoms with Gasteiger partial charge in [0.15, 0.2) is 5.78 Å². The number of carbonyl (C=O) groups is 2. The lowest BCUT2D eigenvalue weighted by Crippen LogP contribution is -2.42. The quantitative estimate of drug-likeness (QED) is 0.561. The second kappa shape index (κ2) is 10.4. The standard InChI is InChI=1S/C29H33NO5/c1-17(2)16-35-29(32)26-18(3)30-23-13-20(19-9-7-6-8-10-19)14-24(31)28(23)27(26)22-12-11-21(33-4)15-25(22)34-5/h6-12,15,17,20,26-27,30H,3,13-14,16H2,1-2,4-5H3. The van der Waals surface area contributed by atoms with Gasteiger partial charge >= 0.3 is 5.97 Å². The molecule has 3 atom stereocenters. The summed E-state index contributed by atoms with van der Waals surface area (Å²) in [5.74, 6) is -0.272. The summed E-state index contributed by atoms with van der Waals surface area (Å²) in [6.07, 6.45) is 1.03. The third-order valence-corrected chi connectivity index (χ3v) is 6.70. The second-order valence-corrected chi connectivity index (χ2v) is 9.57. The number of hydrogen-bond donors (Lipinski definition) is 1. The van der Waals surface area contributed by atoms with E-state index in [1.54, 1.807) is 20.3 Å². The van der Waals surface area contributed by atoms with Crippen molar-refractivity contribution in [3.63, 3.8) is 0 Å². The molecule has 3 unspecified atom stereocenters. The summed E-state index contributed by atoms with van der Waals surface area (Å²) >= 11 is 0. The van der Waals surface area contributed by atoms with E-state index in [9.17, 15) is 9.59 Å². The fraction of sp³-hybridized carbons (Fsp3) is 0.379. The number of allylic oxidation sites excluding steroid dienone is 2. The summed E-state index contributed by atoms with van der Waals surface area (Å²) in [7, 11) is 3.16. The van der Waals surface area contributed by atoms with Gasteiger partial charge < -0.3 is 19.5 Å². The van der Waals surface area contributed by atoms with E-state index < -0.39 is 17.8 Å². The highest BCUT2D eigenvalue weighted by molar-refractivity contribution is 6.01. The minimum Gasteiger partial charge on any atom is -0.497 e. The Morgan fingerprint density at radius 1 is 1.09 bits per heavy atom. The molecule has 0 amide bonds. The van der Waals surface area contributed by atoms with Crippen LogP contribution in [0.3, 0.4) is 0 Å². The maximum Gasteiger partial charge on any atom is 0.315 e. The van der Waals surface area contributed by atoms with Crippen LogP contribution in [-0.4, -0.2) is 32.6 Å². The molecule has 2 aromatic rings. The minimum absolute atomic E-state index is 0.0182. The Hall–Kier alpha value is -3.54. The molecule has 0 fully saturated rings. The van der Waals surface area contributed by atoms with Crippen LogP contribution < -0.4 is 14.8 Å². The monoisotopic (exact) mass is 475 g/mol. The highest BCUT2D eigenvalue weighted by Gasteiger charge is 2.46. The van der Waals surface area contributed by atoms with Crippen molar-refractivity contribution in [2.24, 2.45) is 11.8 Å². The minimum atomic E-state index is -0.757. The van der Waals surface area contributed by atoms with Crippen LogP contribution in [0.1, 0.15) is 49.7 Å². The van der Waals surface area contributed by atoms with Gasteiger partial charge in [-0.3, -0.25) is 9.59 Å². The second-order valence-electron chi connectivity index (χ2n) is 9.57. The van der Waals surface area contributed by atoms with E-state index in [2.05, 4.69) is 24.0 Å². The van der Waals surface area contributed by atoms with Crippen LogP contribution in [-0.2, 0) is 14.3 Å². The van der Waals surface area contributed by atoms with Gasteiger partial charge in [0, 0.05) is 40.9 Å². The van der Waals surface area contributed by atoms with Crippen molar-refractivity contribution < 1.29 is 23.8 Å². The lowest BCUT2D eigenvalue weighted by molar-refractivity contribution is -0.149. The van der Waals surface area contributed by atoms with Gasteiger partial charge in [-0.25, -0.2) is 0 Å². The molecular weight excluding hydrogens is 442 g/mol. The highest BCUT2D eigenvalue weighted by atomic mass is 16.5. The summed E-state index contributed by atoms with van der Waals surface area (Å²) in [6.45, 7) is 8.47. The number of methoxy groups -OCH3 is 2. The van der Waals surface area contributed by atoms with Crippen LogP contribution in [0.15, 0.2) is 72.1 Å². The first kappa shape index (κ1) is 24.6. The smallest absolute Gasteiger partial charge is 0.315 e. The van der Waals surface area contributed by atoms with Gasteiger partial charge in [-0.05, 0) is 29.9 Å². The Balaban J connectivity index is 1.82. The SMILES string of the molecule is C=C1NC2=C(C(=O)CC(c3ccccc3)C2)C(c2ccc(OC)cc2OC)C1C(=O)OCC(C)C. The number of carbonyl (C=O) groups excluding carboxylic acids is 2. The molecule has 35 heavy (non-hydrogen) atoms. The molecule has 184 valence electrons. The molecule has 1 aliphatic carbocycles. The lowest BCUT2D eigenvalue weighted by atomic mass is 9.69. The number of ether oxygens (including phenoxy) is 3. The van der Waals surface area contributed by atoms with Crippen molar-refractivity contribution in [3.8, 4) is 11.5 Å². The number of nitrogens with one attached hydrogen (secondary N) is 1. The fourth-order valence-corrected chi connectivity index (χ4v) is 5.04. The molecule has 0 bridgehead atoms. The van der Waals surface area contributed by atoms with E-state index in [-0.39, 0.29) is 17.6 Å². The van der Waals surface area contributed by atoms with Gasteiger partial charge in [-0.1, -0.05) is 56.8 Å². The fourth-order valence-electron chi connectivity index (χ4n) is 5.04. The molecule has 2 aliphatic rings. The lowest BCUT2D eigenvalue weighted by Gasteiger charge is -2.40. The largest absolute Gasteiger partial charge is 0.497 e. The van der Waals surface area contributed by atoms with E-state index in [4.69, 9.17) is 14.2 Å². The molecule has 0 saturated carbocycles. The molecule has 1 N–H and O–H groups in total. The van der Waals surface area contributed by atoms with E-state index in [0.717, 1.165) is 16.8 Å². The maximum atomic E-state index is 13.7. The molecule has 0 radical (unpaired) electrons. The van der Waals surface area contributed by atoms with E-state index in [1.807, 2.05) is 44.2 Å². The number of Topliss-reactive ketones (excluding diaryl/α,β-unsaturated/α-hetero) is 1. The van der Waals surface area contributed by atoms with Crippen molar-refractivity contribution in [3.05, 3.63) is 83.2 Å². The van der Waals surface area contributed by atoms with Crippen molar-refractivity contribution in [1.82, 2.24) is 5.32 Å². The van der Waals surface area contributed by atoms with Gasteiger partial charge in [-0.15, -0.1) is 0 Å². The van der Waals surface area contributed by atoms with E-state index in [1.165, 1.54) is 0 Å². The molecule has 0 saturated heterocycles. The first-order chi connectivity index (χ1) is 16.8. The molecule has 4 rings (SSSR count). The number of benzene rings is 2. The van der Waals surface area contributed by atoms with Crippen LogP contribution in [0.25, 0.3) is 0 Å². The molecule has 1 aliphatic heterocycles.